The highest BCUT2D eigenvalue weighted by molar-refractivity contribution is 7.79. The third-order valence-electron chi connectivity index (χ3n) is 1.89. The lowest BCUT2D eigenvalue weighted by Crippen LogP contribution is -2.43. The van der Waals surface area contributed by atoms with Crippen LogP contribution in [-0.4, -0.2) is 67.0 Å². The monoisotopic (exact) mass is 266 g/mol. The quantitative estimate of drug-likeness (QED) is 0.496. The molecular formula is C8H12NO7S-. The first-order chi connectivity index (χ1) is 7.73. The highest BCUT2D eigenvalue weighted by Gasteiger charge is 2.26. The molecule has 8 nitrogen and oxygen atoms in total. The Morgan fingerprint density at radius 1 is 1.35 bits per heavy atom. The van der Waals surface area contributed by atoms with Gasteiger partial charge in [-0.25, -0.2) is 0 Å². The van der Waals surface area contributed by atoms with E-state index < -0.39 is 53.6 Å². The van der Waals surface area contributed by atoms with Crippen LogP contribution in [0.3, 0.4) is 0 Å². The summed E-state index contributed by atoms with van der Waals surface area (Å²) in [7, 11) is 1.24. The van der Waals surface area contributed by atoms with Crippen LogP contribution in [0.1, 0.15) is 6.42 Å². The highest BCUT2D eigenvalue weighted by atomic mass is 32.2. The topological polar surface area (TPSA) is 135 Å². The summed E-state index contributed by atoms with van der Waals surface area (Å²) in [5.74, 6) is -4.11. The standard InChI is InChI=1S/C8H13NO7S/c1-9(3-5(10)4-17(15)16)6(8(13)14)2-7(11)12/h6H,2-4H2,1H3,(H,11,12)(H,13,14)(H,15,16)/p-1. The molecule has 0 aliphatic rings. The molecule has 0 rings (SSSR count). The van der Waals surface area contributed by atoms with Gasteiger partial charge in [-0.2, -0.15) is 0 Å². The van der Waals surface area contributed by atoms with Crippen LogP contribution in [0.25, 0.3) is 0 Å². The summed E-state index contributed by atoms with van der Waals surface area (Å²) in [6, 6.07) is -1.36. The molecule has 0 aromatic heterocycles. The zero-order valence-corrected chi connectivity index (χ0v) is 9.81. The van der Waals surface area contributed by atoms with Gasteiger partial charge in [0.2, 0.25) is 0 Å². The molecule has 2 atom stereocenters. The van der Waals surface area contributed by atoms with Crippen molar-refractivity contribution < 1.29 is 33.4 Å². The number of nitrogens with zero attached hydrogens (tertiary/aromatic N) is 1. The zero-order valence-electron chi connectivity index (χ0n) is 8.99. The lowest BCUT2D eigenvalue weighted by Gasteiger charge is -2.22. The Morgan fingerprint density at radius 3 is 2.24 bits per heavy atom. The lowest BCUT2D eigenvalue weighted by atomic mass is 10.2. The number of carbonyl (C=O) groups excluding carboxylic acids is 1. The van der Waals surface area contributed by atoms with E-state index in [2.05, 4.69) is 0 Å². The molecule has 0 bridgehead atoms. The average Bonchev–Trinajstić information content (AvgIpc) is 2.11. The van der Waals surface area contributed by atoms with E-state index in [-0.39, 0.29) is 0 Å². The molecule has 0 spiro atoms. The molecule has 0 radical (unpaired) electrons. The first-order valence-electron chi connectivity index (χ1n) is 4.46. The molecule has 0 saturated heterocycles. The van der Waals surface area contributed by atoms with E-state index in [1.165, 1.54) is 7.05 Å². The molecular weight excluding hydrogens is 254 g/mol. The predicted molar refractivity (Wildman–Crippen MR) is 55.1 cm³/mol. The maximum absolute atomic E-state index is 11.1. The van der Waals surface area contributed by atoms with Crippen molar-refractivity contribution in [2.24, 2.45) is 0 Å². The van der Waals surface area contributed by atoms with E-state index >= 15 is 0 Å². The predicted octanol–water partition coefficient (Wildman–Crippen LogP) is -1.71. The summed E-state index contributed by atoms with van der Waals surface area (Å²) in [6.45, 7) is -0.432. The van der Waals surface area contributed by atoms with Gasteiger partial charge in [-0.1, -0.05) is 0 Å². The Morgan fingerprint density at radius 2 is 1.88 bits per heavy atom. The SMILES string of the molecule is CN(CC(=O)CS(=O)[O-])C(CC(=O)O)C(=O)O. The Balaban J connectivity index is 4.47. The van der Waals surface area contributed by atoms with Gasteiger partial charge in [-0.05, 0) is 18.1 Å². The molecule has 2 unspecified atom stereocenters. The van der Waals surface area contributed by atoms with Gasteiger partial charge in [-0.3, -0.25) is 23.5 Å². The summed E-state index contributed by atoms with van der Waals surface area (Å²) in [5, 5.41) is 17.2. The Hall–Kier alpha value is -1.32. The summed E-state index contributed by atoms with van der Waals surface area (Å²) in [5.41, 5.74) is 0. The number of aliphatic carboxylic acids is 2. The fourth-order valence-corrected chi connectivity index (χ4v) is 1.52. The maximum atomic E-state index is 11.1. The van der Waals surface area contributed by atoms with Gasteiger partial charge in [0.15, 0.2) is 5.78 Å². The molecule has 9 heteroatoms. The number of Topliss-reactive ketones (excluding diaryl/α,β-unsaturated/α-hetero) is 1. The fraction of sp³-hybridized carbons (Fsp3) is 0.625. The van der Waals surface area contributed by atoms with Crippen LogP contribution in [0, 0.1) is 0 Å². The van der Waals surface area contributed by atoms with Crippen molar-refractivity contribution in [3.05, 3.63) is 0 Å². The van der Waals surface area contributed by atoms with Crippen LogP contribution in [0.15, 0.2) is 0 Å². The molecule has 0 aromatic rings. The molecule has 2 N–H and O–H groups in total. The van der Waals surface area contributed by atoms with Gasteiger partial charge < -0.3 is 14.8 Å². The van der Waals surface area contributed by atoms with E-state index in [4.69, 9.17) is 10.2 Å². The summed E-state index contributed by atoms with van der Waals surface area (Å²) >= 11 is -2.54. The van der Waals surface area contributed by atoms with Gasteiger partial charge >= 0.3 is 11.9 Å². The highest BCUT2D eigenvalue weighted by Crippen LogP contribution is 2.03. The van der Waals surface area contributed by atoms with Crippen molar-refractivity contribution in [3.63, 3.8) is 0 Å². The van der Waals surface area contributed by atoms with Crippen molar-refractivity contribution in [1.82, 2.24) is 4.90 Å². The molecule has 0 heterocycles. The molecule has 0 amide bonds. The first kappa shape index (κ1) is 15.7. The molecule has 98 valence electrons. The fourth-order valence-electron chi connectivity index (χ4n) is 1.16. The molecule has 0 fully saturated rings. The number of carbonyl (C=O) groups is 3. The normalized spacial score (nSPS) is 14.3. The maximum Gasteiger partial charge on any atom is 0.321 e. The van der Waals surface area contributed by atoms with Crippen LogP contribution in [0.2, 0.25) is 0 Å². The molecule has 0 aliphatic carbocycles. The summed E-state index contributed by atoms with van der Waals surface area (Å²) in [6.07, 6.45) is -0.667. The van der Waals surface area contributed by atoms with E-state index in [1.54, 1.807) is 0 Å². The van der Waals surface area contributed by atoms with Crippen LogP contribution in [0.4, 0.5) is 0 Å². The van der Waals surface area contributed by atoms with Crippen molar-refractivity contribution >= 4 is 28.8 Å². The van der Waals surface area contributed by atoms with Gasteiger partial charge in [0.25, 0.3) is 0 Å². The third kappa shape index (κ3) is 6.76. The first-order valence-corrected chi connectivity index (χ1v) is 5.70. The van der Waals surface area contributed by atoms with Gasteiger partial charge in [-0.15, -0.1) is 0 Å². The number of hydrogen-bond acceptors (Lipinski definition) is 6. The van der Waals surface area contributed by atoms with Crippen LogP contribution in [-0.2, 0) is 25.5 Å². The Labute approximate surface area is 99.5 Å². The Kier molecular flexibility index (Phi) is 6.54. The minimum Gasteiger partial charge on any atom is -0.772 e. The lowest BCUT2D eigenvalue weighted by molar-refractivity contribution is -0.149. The number of hydrogen-bond donors (Lipinski definition) is 2. The molecule has 0 aromatic carbocycles. The smallest absolute Gasteiger partial charge is 0.321 e. The number of carboxylic acids is 2. The minimum atomic E-state index is -2.54. The van der Waals surface area contributed by atoms with E-state index in [9.17, 15) is 23.1 Å². The second-order valence-corrected chi connectivity index (χ2v) is 4.25. The minimum absolute atomic E-state index is 0.432. The van der Waals surface area contributed by atoms with E-state index in [1.807, 2.05) is 0 Å². The zero-order chi connectivity index (χ0) is 13.6. The van der Waals surface area contributed by atoms with E-state index in [0.717, 1.165) is 4.90 Å². The third-order valence-corrected chi connectivity index (χ3v) is 2.45. The van der Waals surface area contributed by atoms with E-state index in [0.29, 0.717) is 0 Å². The van der Waals surface area contributed by atoms with Crippen LogP contribution < -0.4 is 0 Å². The summed E-state index contributed by atoms with van der Waals surface area (Å²) in [4.78, 5) is 33.2. The second kappa shape index (κ2) is 7.09. The largest absolute Gasteiger partial charge is 0.772 e. The van der Waals surface area contributed by atoms with Gasteiger partial charge in [0, 0.05) is 0 Å². The molecule has 17 heavy (non-hydrogen) atoms. The number of carboxylic acid groups (broad SMARTS) is 2. The average molecular weight is 266 g/mol. The molecule has 0 saturated carbocycles. The van der Waals surface area contributed by atoms with Gasteiger partial charge in [0.1, 0.15) is 6.04 Å². The van der Waals surface area contributed by atoms with Crippen molar-refractivity contribution in [1.29, 1.82) is 0 Å². The number of ketones is 1. The van der Waals surface area contributed by atoms with Crippen LogP contribution >= 0.6 is 0 Å². The molecule has 0 aliphatic heterocycles. The Bertz CT molecular complexity index is 343. The van der Waals surface area contributed by atoms with Crippen molar-refractivity contribution in [2.75, 3.05) is 19.3 Å². The van der Waals surface area contributed by atoms with Gasteiger partial charge in [0.05, 0.1) is 18.7 Å². The van der Waals surface area contributed by atoms with Crippen LogP contribution in [0.5, 0.6) is 0 Å². The van der Waals surface area contributed by atoms with Crippen molar-refractivity contribution in [2.45, 2.75) is 12.5 Å². The van der Waals surface area contributed by atoms with Crippen molar-refractivity contribution in [3.8, 4) is 0 Å². The number of likely N-dealkylation sites (N-methyl/N-ethyl adjacent to an activating group) is 1. The summed E-state index contributed by atoms with van der Waals surface area (Å²) < 4.78 is 20.4. The number of rotatable bonds is 8. The second-order valence-electron chi connectivity index (χ2n) is 3.35.